The maximum absolute atomic E-state index is 11.1. The summed E-state index contributed by atoms with van der Waals surface area (Å²) in [6.45, 7) is 2.17. The Bertz CT molecular complexity index is 394. The molecule has 0 fully saturated rings. The number of Topliss-reactive ketones (excluding diaryl/α,β-unsaturated/α-hetero) is 1. The van der Waals surface area contributed by atoms with Crippen molar-refractivity contribution < 1.29 is 19.8 Å². The first-order valence-corrected chi connectivity index (χ1v) is 7.96. The van der Waals surface area contributed by atoms with Crippen molar-refractivity contribution in [3.8, 4) is 0 Å². The molecule has 1 atom stereocenters. The van der Waals surface area contributed by atoms with E-state index in [9.17, 15) is 14.7 Å². The number of allylic oxidation sites excluding steroid dienone is 4. The molecule has 0 radical (unpaired) electrons. The lowest BCUT2D eigenvalue weighted by atomic mass is 10.1. The minimum Gasteiger partial charge on any atom is -0.481 e. The van der Waals surface area contributed by atoms with Gasteiger partial charge in [-0.25, -0.2) is 0 Å². The molecule has 124 valence electrons. The molecule has 2 N–H and O–H groups in total. The number of rotatable bonds is 13. The van der Waals surface area contributed by atoms with Gasteiger partial charge in [-0.05, 0) is 25.7 Å². The van der Waals surface area contributed by atoms with Crippen molar-refractivity contribution >= 4 is 11.8 Å². The molecule has 0 aliphatic carbocycles. The molecule has 0 aromatic rings. The Morgan fingerprint density at radius 3 is 2.50 bits per heavy atom. The van der Waals surface area contributed by atoms with Crippen molar-refractivity contribution in [2.24, 2.45) is 0 Å². The second-order valence-electron chi connectivity index (χ2n) is 5.23. The zero-order chi connectivity index (χ0) is 16.6. The van der Waals surface area contributed by atoms with Gasteiger partial charge in [0.2, 0.25) is 0 Å². The highest BCUT2D eigenvalue weighted by Gasteiger charge is 2.05. The molecule has 0 saturated carbocycles. The highest BCUT2D eigenvalue weighted by Crippen LogP contribution is 2.02. The summed E-state index contributed by atoms with van der Waals surface area (Å²) in [6, 6.07) is 0. The number of carboxylic acid groups (broad SMARTS) is 1. The number of aliphatic hydroxyl groups excluding tert-OH is 1. The lowest BCUT2D eigenvalue weighted by Gasteiger charge is -1.99. The Kier molecular flexibility index (Phi) is 13.2. The maximum atomic E-state index is 11.1. The molecular formula is C18H28O4. The van der Waals surface area contributed by atoms with Crippen LogP contribution in [0.25, 0.3) is 0 Å². The van der Waals surface area contributed by atoms with E-state index in [2.05, 4.69) is 13.0 Å². The van der Waals surface area contributed by atoms with Crippen molar-refractivity contribution in [2.45, 2.75) is 64.4 Å². The first-order chi connectivity index (χ1) is 10.6. The number of aliphatic carboxylic acids is 1. The molecule has 0 aliphatic heterocycles. The van der Waals surface area contributed by atoms with Gasteiger partial charge in [-0.2, -0.15) is 0 Å². The average Bonchev–Trinajstić information content (AvgIpc) is 2.45. The summed E-state index contributed by atoms with van der Waals surface area (Å²) in [6.07, 6.45) is 16.3. The van der Waals surface area contributed by atoms with Crippen LogP contribution >= 0.6 is 0 Å². The van der Waals surface area contributed by atoms with E-state index in [4.69, 9.17) is 5.11 Å². The molecule has 0 aromatic heterocycles. The van der Waals surface area contributed by atoms with Gasteiger partial charge in [0.1, 0.15) is 12.2 Å². The predicted octanol–water partition coefficient (Wildman–Crippen LogP) is 3.81. The standard InChI is InChI=1S/C18H28O4/c1-2-3-4-5-6-9-12-16(19)13-10-7-8-11-14-17(20)15-18(21)22/h6-10,13,16,19H,2-5,11-12,14-15H2,1H3,(H,21,22)/b8-7+,9-6-,13-10+/t16-/m0/s1. The van der Waals surface area contributed by atoms with Crippen LogP contribution in [-0.2, 0) is 9.59 Å². The van der Waals surface area contributed by atoms with Gasteiger partial charge in [-0.15, -0.1) is 0 Å². The normalized spacial score (nSPS) is 13.4. The van der Waals surface area contributed by atoms with Gasteiger partial charge in [0, 0.05) is 6.42 Å². The van der Waals surface area contributed by atoms with Crippen LogP contribution in [0.1, 0.15) is 58.3 Å². The van der Waals surface area contributed by atoms with Gasteiger partial charge in [-0.1, -0.05) is 56.2 Å². The van der Waals surface area contributed by atoms with Crippen LogP contribution in [0.2, 0.25) is 0 Å². The minimum atomic E-state index is -1.08. The summed E-state index contributed by atoms with van der Waals surface area (Å²) in [4.78, 5) is 21.4. The van der Waals surface area contributed by atoms with Crippen LogP contribution in [0.15, 0.2) is 36.5 Å². The fourth-order valence-corrected chi connectivity index (χ4v) is 1.81. The van der Waals surface area contributed by atoms with Crippen LogP contribution in [0, 0.1) is 0 Å². The molecule has 0 saturated heterocycles. The van der Waals surface area contributed by atoms with Crippen molar-refractivity contribution in [2.75, 3.05) is 0 Å². The second kappa shape index (κ2) is 14.3. The number of ketones is 1. The van der Waals surface area contributed by atoms with Crippen LogP contribution in [-0.4, -0.2) is 28.1 Å². The van der Waals surface area contributed by atoms with Crippen LogP contribution in [0.3, 0.4) is 0 Å². The molecule has 0 rings (SSSR count). The molecular weight excluding hydrogens is 280 g/mol. The van der Waals surface area contributed by atoms with Gasteiger partial charge < -0.3 is 10.2 Å². The lowest BCUT2D eigenvalue weighted by molar-refractivity contribution is -0.140. The first kappa shape index (κ1) is 20.3. The van der Waals surface area contributed by atoms with E-state index < -0.39 is 18.5 Å². The first-order valence-electron chi connectivity index (χ1n) is 7.96. The fraction of sp³-hybridized carbons (Fsp3) is 0.556. The zero-order valence-corrected chi connectivity index (χ0v) is 13.4. The minimum absolute atomic E-state index is 0.236. The zero-order valence-electron chi connectivity index (χ0n) is 13.4. The van der Waals surface area contributed by atoms with Gasteiger partial charge in [-0.3, -0.25) is 9.59 Å². The highest BCUT2D eigenvalue weighted by atomic mass is 16.4. The Morgan fingerprint density at radius 2 is 1.82 bits per heavy atom. The predicted molar refractivity (Wildman–Crippen MR) is 88.7 cm³/mol. The molecule has 22 heavy (non-hydrogen) atoms. The van der Waals surface area contributed by atoms with E-state index in [1.54, 1.807) is 24.3 Å². The third-order valence-electron chi connectivity index (χ3n) is 3.04. The summed E-state index contributed by atoms with van der Waals surface area (Å²) < 4.78 is 0. The van der Waals surface area contributed by atoms with E-state index in [0.29, 0.717) is 12.8 Å². The van der Waals surface area contributed by atoms with Crippen molar-refractivity contribution in [1.29, 1.82) is 0 Å². The largest absolute Gasteiger partial charge is 0.481 e. The third-order valence-corrected chi connectivity index (χ3v) is 3.04. The van der Waals surface area contributed by atoms with Crippen molar-refractivity contribution in [3.63, 3.8) is 0 Å². The molecule has 0 heterocycles. The Balaban J connectivity index is 3.71. The van der Waals surface area contributed by atoms with Crippen LogP contribution < -0.4 is 0 Å². The van der Waals surface area contributed by atoms with E-state index in [0.717, 1.165) is 6.42 Å². The van der Waals surface area contributed by atoms with Crippen molar-refractivity contribution in [3.05, 3.63) is 36.5 Å². The summed E-state index contributed by atoms with van der Waals surface area (Å²) in [5, 5.41) is 18.1. The number of aliphatic hydroxyl groups is 1. The maximum Gasteiger partial charge on any atom is 0.310 e. The van der Waals surface area contributed by atoms with Crippen LogP contribution in [0.4, 0.5) is 0 Å². The molecule has 4 heteroatoms. The summed E-state index contributed by atoms with van der Waals surface area (Å²) >= 11 is 0. The average molecular weight is 308 g/mol. The van der Waals surface area contributed by atoms with E-state index in [1.807, 2.05) is 6.08 Å². The van der Waals surface area contributed by atoms with Crippen molar-refractivity contribution in [1.82, 2.24) is 0 Å². The van der Waals surface area contributed by atoms with E-state index in [1.165, 1.54) is 19.3 Å². The summed E-state index contributed by atoms with van der Waals surface area (Å²) in [5.74, 6) is -1.35. The molecule has 0 amide bonds. The number of carbonyl (C=O) groups excluding carboxylic acids is 1. The van der Waals surface area contributed by atoms with Gasteiger partial charge >= 0.3 is 5.97 Å². The van der Waals surface area contributed by atoms with Gasteiger partial charge in [0.05, 0.1) is 6.10 Å². The Hall–Kier alpha value is -1.68. The Morgan fingerprint density at radius 1 is 1.05 bits per heavy atom. The molecule has 0 unspecified atom stereocenters. The molecule has 0 bridgehead atoms. The lowest BCUT2D eigenvalue weighted by Crippen LogP contribution is -2.05. The number of hydrogen-bond donors (Lipinski definition) is 2. The quantitative estimate of drug-likeness (QED) is 0.235. The molecule has 4 nitrogen and oxygen atoms in total. The number of unbranched alkanes of at least 4 members (excludes halogenated alkanes) is 3. The SMILES string of the molecule is CCCCC/C=C\C[C@H](O)/C=C/C=C/CCC(=O)CC(=O)O. The topological polar surface area (TPSA) is 74.6 Å². The highest BCUT2D eigenvalue weighted by molar-refractivity contribution is 5.94. The van der Waals surface area contributed by atoms with Gasteiger partial charge in [0.15, 0.2) is 0 Å². The molecule has 0 spiro atoms. The number of carboxylic acids is 1. The second-order valence-corrected chi connectivity index (χ2v) is 5.23. The summed E-state index contributed by atoms with van der Waals surface area (Å²) in [5.41, 5.74) is 0. The molecule has 0 aliphatic rings. The number of carbonyl (C=O) groups is 2. The van der Waals surface area contributed by atoms with E-state index >= 15 is 0 Å². The van der Waals surface area contributed by atoms with Gasteiger partial charge in [0.25, 0.3) is 0 Å². The smallest absolute Gasteiger partial charge is 0.310 e. The van der Waals surface area contributed by atoms with E-state index in [-0.39, 0.29) is 12.2 Å². The van der Waals surface area contributed by atoms with Crippen LogP contribution in [0.5, 0.6) is 0 Å². The monoisotopic (exact) mass is 308 g/mol. The Labute approximate surface area is 133 Å². The third kappa shape index (κ3) is 14.7. The molecule has 0 aromatic carbocycles. The fourth-order valence-electron chi connectivity index (χ4n) is 1.81. The summed E-state index contributed by atoms with van der Waals surface area (Å²) in [7, 11) is 0. The number of hydrogen-bond acceptors (Lipinski definition) is 3.